The van der Waals surface area contributed by atoms with Gasteiger partial charge in [-0.25, -0.2) is 0 Å². The summed E-state index contributed by atoms with van der Waals surface area (Å²) in [5.74, 6) is 0.0716. The predicted molar refractivity (Wildman–Crippen MR) is 136 cm³/mol. The number of aryl methyl sites for hydroxylation is 2. The van der Waals surface area contributed by atoms with Gasteiger partial charge >= 0.3 is 0 Å². The van der Waals surface area contributed by atoms with Crippen molar-refractivity contribution >= 4 is 17.8 Å². The van der Waals surface area contributed by atoms with Crippen LogP contribution >= 0.6 is 0 Å². The van der Waals surface area contributed by atoms with E-state index in [-0.39, 0.29) is 20.7 Å². The smallest absolute Gasteiger partial charge is 0.257 e. The van der Waals surface area contributed by atoms with Gasteiger partial charge in [-0.1, -0.05) is 19.1 Å². The van der Waals surface area contributed by atoms with E-state index in [0.29, 0.717) is 5.56 Å². The number of carbonyl (C=O) groups is 1. The van der Waals surface area contributed by atoms with Crippen molar-refractivity contribution in [3.8, 4) is 0 Å². The number of nitrogens with one attached hydrogen (secondary N) is 2. The molecule has 0 spiro atoms. The fraction of sp³-hybridized carbons (Fsp3) is 0.346. The summed E-state index contributed by atoms with van der Waals surface area (Å²) < 4.78 is 0. The number of dihydropyridines is 1. The molecule has 3 rings (SSSR count). The molecule has 1 unspecified atom stereocenters. The van der Waals surface area contributed by atoms with Gasteiger partial charge in [-0.05, 0) is 62.6 Å². The van der Waals surface area contributed by atoms with Crippen LogP contribution in [-0.4, -0.2) is 35.6 Å². The molecule has 0 saturated carbocycles. The van der Waals surface area contributed by atoms with Crippen LogP contribution in [0.4, 0.5) is 5.69 Å². The van der Waals surface area contributed by atoms with Crippen LogP contribution in [0.3, 0.4) is 0 Å². The fourth-order valence-corrected chi connectivity index (χ4v) is 3.61. The van der Waals surface area contributed by atoms with Gasteiger partial charge in [-0.15, -0.1) is 0 Å². The van der Waals surface area contributed by atoms with Crippen LogP contribution in [0.5, 0.6) is 0 Å². The summed E-state index contributed by atoms with van der Waals surface area (Å²) in [6.07, 6.45) is 9.50. The van der Waals surface area contributed by atoms with Gasteiger partial charge in [0.25, 0.3) is 5.91 Å². The second kappa shape index (κ2) is 10.3. The van der Waals surface area contributed by atoms with Crippen LogP contribution in [-0.2, 0) is 0 Å². The Labute approximate surface area is 194 Å². The van der Waals surface area contributed by atoms with Gasteiger partial charge in [0, 0.05) is 58.4 Å². The van der Waals surface area contributed by atoms with E-state index in [1.807, 2.05) is 37.4 Å². The lowest BCUT2D eigenvalue weighted by molar-refractivity contribution is 0.102. The zero-order chi connectivity index (χ0) is 23.3. The minimum atomic E-state index is -0.163. The summed E-state index contributed by atoms with van der Waals surface area (Å²) in [6.45, 7) is 11.3. The van der Waals surface area contributed by atoms with Crippen LogP contribution in [0.2, 0.25) is 0 Å². The van der Waals surface area contributed by atoms with Crippen LogP contribution in [0.1, 0.15) is 56.7 Å². The number of rotatable bonds is 7. The molecule has 1 aromatic carbocycles. The third kappa shape index (κ3) is 5.84. The highest BCUT2D eigenvalue weighted by Crippen LogP contribution is 2.25. The molecule has 2 heterocycles. The first-order valence-corrected chi connectivity index (χ1v) is 11.0. The Morgan fingerprint density at radius 2 is 2.06 bits per heavy atom. The van der Waals surface area contributed by atoms with Crippen molar-refractivity contribution in [1.29, 1.82) is 0 Å². The maximum absolute atomic E-state index is 12.6. The second-order valence-corrected chi connectivity index (χ2v) is 8.44. The van der Waals surface area contributed by atoms with Crippen molar-refractivity contribution in [2.75, 3.05) is 18.9 Å². The predicted octanol–water partition coefficient (Wildman–Crippen LogP) is 5.49. The molecule has 1 aliphatic rings. The van der Waals surface area contributed by atoms with Gasteiger partial charge in [-0.2, -0.15) is 0 Å². The van der Waals surface area contributed by atoms with E-state index in [2.05, 4.69) is 72.5 Å². The Balaban J connectivity index is 0.00000289. The van der Waals surface area contributed by atoms with Crippen molar-refractivity contribution < 1.29 is 7.65 Å². The van der Waals surface area contributed by atoms with Gasteiger partial charge in [-0.3, -0.25) is 14.8 Å². The van der Waals surface area contributed by atoms with Crippen molar-refractivity contribution in [3.63, 3.8) is 0 Å². The number of hydrogen-bond acceptors (Lipinski definition) is 5. The Morgan fingerprint density at radius 3 is 2.75 bits per heavy atom. The molecule has 6 heteroatoms. The van der Waals surface area contributed by atoms with Crippen LogP contribution < -0.4 is 10.6 Å². The fourth-order valence-electron chi connectivity index (χ4n) is 3.61. The number of benzene rings is 1. The summed E-state index contributed by atoms with van der Waals surface area (Å²) in [6, 6.07) is 7.88. The van der Waals surface area contributed by atoms with Gasteiger partial charge < -0.3 is 15.5 Å². The quantitative estimate of drug-likeness (QED) is 0.603. The number of carbonyl (C=O) groups excluding carboxylic acids is 1. The number of allylic oxidation sites excluding steroid dienone is 2. The molecule has 1 amide bonds. The Hall–Kier alpha value is -3.41. The van der Waals surface area contributed by atoms with Gasteiger partial charge in [0.05, 0.1) is 17.5 Å². The number of aliphatic imine (C=N–C) groups is 1. The molecule has 1 aliphatic heterocycles. The zero-order valence-corrected chi connectivity index (χ0v) is 19.8. The molecule has 6 nitrogen and oxygen atoms in total. The largest absolute Gasteiger partial charge is 0.379 e. The molecular weight excluding hydrogens is 398 g/mol. The van der Waals surface area contributed by atoms with Crippen LogP contribution in [0.25, 0.3) is 0 Å². The molecular formula is C26H37N5O. The average Bonchev–Trinajstić information content (AvgIpc) is 2.76. The minimum Gasteiger partial charge on any atom is -0.379 e. The van der Waals surface area contributed by atoms with E-state index in [4.69, 9.17) is 0 Å². The van der Waals surface area contributed by atoms with Crippen LogP contribution in [0.15, 0.2) is 65.3 Å². The van der Waals surface area contributed by atoms with Crippen molar-refractivity contribution in [2.45, 2.75) is 40.7 Å². The SMILES string of the molecule is CCN(C)/C=C1/N=CC(N[C@@H](C)c2cc(NC(=O)c3cncc(C)c3)ccc2C)=CC1C.[HH].[HH]. The maximum atomic E-state index is 12.6. The van der Waals surface area contributed by atoms with E-state index in [0.717, 1.165) is 40.3 Å². The molecule has 0 fully saturated rings. The average molecular weight is 436 g/mol. The van der Waals surface area contributed by atoms with E-state index >= 15 is 0 Å². The van der Waals surface area contributed by atoms with Gasteiger partial charge in [0.15, 0.2) is 0 Å². The summed E-state index contributed by atoms with van der Waals surface area (Å²) >= 11 is 0. The third-order valence-electron chi connectivity index (χ3n) is 5.62. The minimum absolute atomic E-state index is 0. The number of amides is 1. The first-order valence-electron chi connectivity index (χ1n) is 11.0. The molecule has 1 aromatic heterocycles. The molecule has 0 saturated heterocycles. The third-order valence-corrected chi connectivity index (χ3v) is 5.62. The number of nitrogens with zero attached hydrogens (tertiary/aromatic N) is 3. The normalized spacial score (nSPS) is 17.6. The molecule has 2 N–H and O–H groups in total. The lowest BCUT2D eigenvalue weighted by Crippen LogP contribution is -2.23. The summed E-state index contributed by atoms with van der Waals surface area (Å²) in [7, 11) is 2.05. The molecule has 32 heavy (non-hydrogen) atoms. The second-order valence-electron chi connectivity index (χ2n) is 8.44. The number of hydrogen-bond donors (Lipinski definition) is 2. The molecule has 172 valence electrons. The highest BCUT2D eigenvalue weighted by Gasteiger charge is 2.16. The standard InChI is InChI=1S/C26H33N5O.2H2/c1-7-31(6)16-25-19(4)11-23(15-28-25)29-20(5)24-12-22(9-8-18(24)3)30-26(32)21-10-17(2)13-27-14-21;;/h8-16,19-20,29H,7H2,1-6H3,(H,30,32);2*1H/b25-16+;;/t19?,20-;;/m0../s1. The van der Waals surface area contributed by atoms with Crippen molar-refractivity contribution in [2.24, 2.45) is 10.9 Å². The van der Waals surface area contributed by atoms with Gasteiger partial charge in [0.1, 0.15) is 0 Å². The first-order chi connectivity index (χ1) is 15.3. The van der Waals surface area contributed by atoms with E-state index < -0.39 is 0 Å². The monoisotopic (exact) mass is 435 g/mol. The van der Waals surface area contributed by atoms with E-state index in [1.165, 1.54) is 0 Å². The van der Waals surface area contributed by atoms with Crippen LogP contribution in [0, 0.1) is 19.8 Å². The van der Waals surface area contributed by atoms with Crippen molar-refractivity contribution in [1.82, 2.24) is 15.2 Å². The van der Waals surface area contributed by atoms with E-state index in [9.17, 15) is 4.79 Å². The molecule has 2 aromatic rings. The first kappa shape index (κ1) is 23.3. The molecule has 0 radical (unpaired) electrons. The molecule has 0 aliphatic carbocycles. The summed E-state index contributed by atoms with van der Waals surface area (Å²) in [5, 5.41) is 6.55. The van der Waals surface area contributed by atoms with Crippen molar-refractivity contribution in [3.05, 3.63) is 82.6 Å². The molecule has 0 bridgehead atoms. The Morgan fingerprint density at radius 1 is 1.28 bits per heavy atom. The Bertz CT molecular complexity index is 1080. The summed E-state index contributed by atoms with van der Waals surface area (Å²) in [5.41, 5.74) is 6.61. The highest BCUT2D eigenvalue weighted by molar-refractivity contribution is 6.04. The lowest BCUT2D eigenvalue weighted by Gasteiger charge is -2.23. The summed E-state index contributed by atoms with van der Waals surface area (Å²) in [4.78, 5) is 23.5. The number of pyridine rings is 1. The number of anilines is 1. The lowest BCUT2D eigenvalue weighted by atomic mass is 10.00. The zero-order valence-electron chi connectivity index (χ0n) is 19.8. The number of aromatic nitrogens is 1. The highest BCUT2D eigenvalue weighted by atomic mass is 16.1. The van der Waals surface area contributed by atoms with Gasteiger partial charge in [0.2, 0.25) is 0 Å². The Kier molecular flexibility index (Phi) is 7.46. The molecule has 2 atom stereocenters. The topological polar surface area (TPSA) is 69.6 Å². The maximum Gasteiger partial charge on any atom is 0.257 e. The van der Waals surface area contributed by atoms with E-state index in [1.54, 1.807) is 12.4 Å².